The lowest BCUT2D eigenvalue weighted by molar-refractivity contribution is 0.100. The number of rotatable bonds is 1. The van der Waals surface area contributed by atoms with Crippen molar-refractivity contribution in [2.75, 3.05) is 0 Å². The lowest BCUT2D eigenvalue weighted by Crippen LogP contribution is -2.15. The van der Waals surface area contributed by atoms with E-state index in [0.717, 1.165) is 10.9 Å². The van der Waals surface area contributed by atoms with Crippen molar-refractivity contribution in [1.82, 2.24) is 4.98 Å². The van der Waals surface area contributed by atoms with Gasteiger partial charge in [-0.25, -0.2) is 0 Å². The van der Waals surface area contributed by atoms with Crippen LogP contribution in [0.1, 0.15) is 26.3 Å². The van der Waals surface area contributed by atoms with Crippen LogP contribution >= 0.6 is 11.6 Å². The molecule has 1 heterocycles. The molecule has 0 aliphatic heterocycles. The Labute approximate surface area is 131 Å². The number of Topliss-reactive ketones (excluding diaryl/α,β-unsaturated/α-hetero) is 1. The van der Waals surface area contributed by atoms with E-state index in [2.05, 4.69) is 4.98 Å². The number of carbonyl (C=O) groups is 2. The maximum absolute atomic E-state index is 12.7. The molecule has 0 saturated heterocycles. The topological polar surface area (TPSA) is 49.9 Å². The molecule has 22 heavy (non-hydrogen) atoms. The Bertz CT molecular complexity index is 982. The van der Waals surface area contributed by atoms with Gasteiger partial charge in [0.1, 0.15) is 0 Å². The van der Waals surface area contributed by atoms with Crippen LogP contribution in [0.15, 0.2) is 54.7 Å². The minimum atomic E-state index is -0.161. The number of hydrogen-bond donors (Lipinski definition) is 1. The zero-order valence-corrected chi connectivity index (χ0v) is 12.1. The lowest BCUT2D eigenvalue weighted by atomic mass is 9.86. The van der Waals surface area contributed by atoms with Gasteiger partial charge in [-0.1, -0.05) is 41.9 Å². The summed E-state index contributed by atoms with van der Waals surface area (Å²) in [5.41, 5.74) is 2.76. The summed E-state index contributed by atoms with van der Waals surface area (Å²) in [5, 5.41) is 1.31. The van der Waals surface area contributed by atoms with Gasteiger partial charge in [0, 0.05) is 39.4 Å². The number of carbonyl (C=O) groups excluding carboxylic acids is 2. The highest BCUT2D eigenvalue weighted by molar-refractivity contribution is 6.42. The maximum atomic E-state index is 12.7. The largest absolute Gasteiger partial charge is 0.360 e. The molecule has 3 nitrogen and oxygen atoms in total. The molecule has 106 valence electrons. The highest BCUT2D eigenvalue weighted by atomic mass is 35.5. The summed E-state index contributed by atoms with van der Waals surface area (Å²) >= 11 is 6.26. The molecular formula is C18H10ClNO2. The second-order valence-corrected chi connectivity index (χ2v) is 5.57. The van der Waals surface area contributed by atoms with Crippen molar-refractivity contribution in [2.24, 2.45) is 0 Å². The van der Waals surface area contributed by atoms with E-state index in [1.54, 1.807) is 36.5 Å². The number of aromatic nitrogens is 1. The Kier molecular flexibility index (Phi) is 2.78. The second kappa shape index (κ2) is 4.68. The highest BCUT2D eigenvalue weighted by Gasteiger charge is 2.27. The van der Waals surface area contributed by atoms with E-state index in [0.29, 0.717) is 27.3 Å². The standard InChI is InChI=1S/C18H10ClNO2/c19-14-6-3-7-15-17(14)13(9-20-15)12-8-16(21)10-4-1-2-5-11(10)18(12)22/h1-9,20H. The van der Waals surface area contributed by atoms with Crippen molar-refractivity contribution in [3.05, 3.63) is 76.5 Å². The molecule has 2 aromatic carbocycles. The number of fused-ring (bicyclic) bond motifs is 2. The van der Waals surface area contributed by atoms with Gasteiger partial charge < -0.3 is 4.98 Å². The van der Waals surface area contributed by atoms with Crippen LogP contribution in [0.3, 0.4) is 0 Å². The molecule has 0 saturated carbocycles. The van der Waals surface area contributed by atoms with Gasteiger partial charge in [0.25, 0.3) is 0 Å². The first-order valence-electron chi connectivity index (χ1n) is 6.82. The van der Waals surface area contributed by atoms with E-state index in [-0.39, 0.29) is 11.6 Å². The first-order valence-corrected chi connectivity index (χ1v) is 7.20. The minimum absolute atomic E-state index is 0.156. The predicted octanol–water partition coefficient (Wildman–Crippen LogP) is 4.28. The average molecular weight is 308 g/mol. The van der Waals surface area contributed by atoms with Gasteiger partial charge in [0.15, 0.2) is 11.6 Å². The predicted molar refractivity (Wildman–Crippen MR) is 86.4 cm³/mol. The molecule has 3 aromatic rings. The molecule has 4 rings (SSSR count). The summed E-state index contributed by atoms with van der Waals surface area (Å²) in [5.74, 6) is -0.317. The molecule has 0 bridgehead atoms. The van der Waals surface area contributed by atoms with Gasteiger partial charge >= 0.3 is 0 Å². The number of allylic oxidation sites excluding steroid dienone is 2. The number of hydrogen-bond acceptors (Lipinski definition) is 2. The van der Waals surface area contributed by atoms with Crippen molar-refractivity contribution in [1.29, 1.82) is 0 Å². The molecule has 0 unspecified atom stereocenters. The van der Waals surface area contributed by atoms with E-state index >= 15 is 0 Å². The molecule has 1 aliphatic rings. The third-order valence-electron chi connectivity index (χ3n) is 3.90. The molecule has 1 aliphatic carbocycles. The fourth-order valence-electron chi connectivity index (χ4n) is 2.87. The third kappa shape index (κ3) is 1.76. The van der Waals surface area contributed by atoms with E-state index in [1.165, 1.54) is 6.08 Å². The smallest absolute Gasteiger partial charge is 0.194 e. The summed E-state index contributed by atoms with van der Waals surface area (Å²) in [6.07, 6.45) is 3.12. The summed E-state index contributed by atoms with van der Waals surface area (Å²) in [6, 6.07) is 12.4. The molecule has 0 amide bonds. The minimum Gasteiger partial charge on any atom is -0.360 e. The second-order valence-electron chi connectivity index (χ2n) is 5.16. The van der Waals surface area contributed by atoms with Gasteiger partial charge in [-0.2, -0.15) is 0 Å². The normalized spacial score (nSPS) is 14.1. The van der Waals surface area contributed by atoms with Crippen LogP contribution in [0.2, 0.25) is 5.02 Å². The van der Waals surface area contributed by atoms with Gasteiger partial charge in [-0.05, 0) is 18.2 Å². The van der Waals surface area contributed by atoms with Crippen LogP contribution in [0, 0.1) is 0 Å². The summed E-state index contributed by atoms with van der Waals surface area (Å²) in [4.78, 5) is 28.1. The average Bonchev–Trinajstić information content (AvgIpc) is 2.96. The maximum Gasteiger partial charge on any atom is 0.194 e. The van der Waals surface area contributed by atoms with E-state index in [1.807, 2.05) is 12.1 Å². The lowest BCUT2D eigenvalue weighted by Gasteiger charge is -2.14. The Morgan fingerprint density at radius 2 is 1.64 bits per heavy atom. The monoisotopic (exact) mass is 307 g/mol. The Morgan fingerprint density at radius 3 is 2.45 bits per heavy atom. The third-order valence-corrected chi connectivity index (χ3v) is 4.22. The molecule has 0 atom stereocenters. The van der Waals surface area contributed by atoms with Gasteiger partial charge in [0.05, 0.1) is 5.02 Å². The van der Waals surface area contributed by atoms with Crippen LogP contribution in [-0.4, -0.2) is 16.6 Å². The number of H-pyrrole nitrogens is 1. The first kappa shape index (κ1) is 13.0. The van der Waals surface area contributed by atoms with Crippen molar-refractivity contribution in [2.45, 2.75) is 0 Å². The number of ketones is 2. The summed E-state index contributed by atoms with van der Waals surface area (Å²) in [7, 11) is 0. The molecule has 0 fully saturated rings. The van der Waals surface area contributed by atoms with Crippen molar-refractivity contribution < 1.29 is 9.59 Å². The number of benzene rings is 2. The number of halogens is 1. The van der Waals surface area contributed by atoms with Gasteiger partial charge in [-0.15, -0.1) is 0 Å². The van der Waals surface area contributed by atoms with E-state index in [9.17, 15) is 9.59 Å². The Hall–Kier alpha value is -2.65. The molecule has 0 spiro atoms. The molecule has 0 radical (unpaired) electrons. The van der Waals surface area contributed by atoms with Crippen molar-refractivity contribution in [3.8, 4) is 0 Å². The molecule has 4 heteroatoms. The van der Waals surface area contributed by atoms with Gasteiger partial charge in [0.2, 0.25) is 0 Å². The van der Waals surface area contributed by atoms with Crippen molar-refractivity contribution >= 4 is 39.6 Å². The quantitative estimate of drug-likeness (QED) is 0.729. The van der Waals surface area contributed by atoms with Crippen LogP contribution in [-0.2, 0) is 0 Å². The van der Waals surface area contributed by atoms with E-state index in [4.69, 9.17) is 11.6 Å². The van der Waals surface area contributed by atoms with Crippen LogP contribution in [0.4, 0.5) is 0 Å². The zero-order valence-electron chi connectivity index (χ0n) is 11.4. The highest BCUT2D eigenvalue weighted by Crippen LogP contribution is 2.35. The summed E-state index contributed by atoms with van der Waals surface area (Å²) < 4.78 is 0. The Morgan fingerprint density at radius 1 is 0.864 bits per heavy atom. The fraction of sp³-hybridized carbons (Fsp3) is 0. The molecule has 1 N–H and O–H groups in total. The van der Waals surface area contributed by atoms with E-state index < -0.39 is 0 Å². The Balaban J connectivity index is 1.97. The van der Waals surface area contributed by atoms with Gasteiger partial charge in [-0.3, -0.25) is 9.59 Å². The molecule has 1 aromatic heterocycles. The zero-order chi connectivity index (χ0) is 15.3. The van der Waals surface area contributed by atoms with Crippen LogP contribution in [0.5, 0.6) is 0 Å². The number of aromatic amines is 1. The van der Waals surface area contributed by atoms with Crippen LogP contribution in [0.25, 0.3) is 16.5 Å². The summed E-state index contributed by atoms with van der Waals surface area (Å²) in [6.45, 7) is 0. The van der Waals surface area contributed by atoms with Crippen LogP contribution < -0.4 is 0 Å². The fourth-order valence-corrected chi connectivity index (χ4v) is 3.14. The molecular weight excluding hydrogens is 298 g/mol. The number of nitrogens with one attached hydrogen (secondary N) is 1. The van der Waals surface area contributed by atoms with Crippen molar-refractivity contribution in [3.63, 3.8) is 0 Å². The SMILES string of the molecule is O=C1C=C(c2c[nH]c3cccc(Cl)c23)C(=O)c2ccccc21. The first-order chi connectivity index (χ1) is 10.7.